The quantitative estimate of drug-likeness (QED) is 0.541. The molecule has 0 saturated carbocycles. The van der Waals surface area contributed by atoms with Gasteiger partial charge in [0, 0.05) is 23.2 Å². The summed E-state index contributed by atoms with van der Waals surface area (Å²) in [6, 6.07) is 11.7. The lowest BCUT2D eigenvalue weighted by molar-refractivity contribution is 0.240. The Morgan fingerprint density at radius 2 is 2.13 bits per heavy atom. The Hall–Kier alpha value is -3.21. The number of aromatic nitrogens is 2. The summed E-state index contributed by atoms with van der Waals surface area (Å²) in [4.78, 5) is 8.19. The molecule has 0 spiro atoms. The molecule has 1 heterocycles. The summed E-state index contributed by atoms with van der Waals surface area (Å²) in [5.41, 5.74) is 4.48. The molecule has 7 heteroatoms. The molecule has 0 saturated heterocycles. The molecule has 0 radical (unpaired) electrons. The molecule has 1 aromatic heterocycles. The number of aliphatic hydroxyl groups excluding tert-OH is 1. The maximum Gasteiger partial charge on any atom is 0.256 e. The van der Waals surface area contributed by atoms with Crippen molar-refractivity contribution in [2.45, 2.75) is 51.8 Å². The number of hydrogen-bond acceptors (Lipinski definition) is 6. The fourth-order valence-corrected chi connectivity index (χ4v) is 3.97. The molecule has 2 N–H and O–H groups in total. The highest BCUT2D eigenvalue weighted by Gasteiger charge is 2.27. The highest BCUT2D eigenvalue weighted by Crippen LogP contribution is 2.38. The van der Waals surface area contributed by atoms with Crippen molar-refractivity contribution in [1.29, 1.82) is 0 Å². The van der Waals surface area contributed by atoms with E-state index in [1.54, 1.807) is 12.1 Å². The summed E-state index contributed by atoms with van der Waals surface area (Å²) < 4.78 is 11.2. The maximum atomic E-state index is 9.36. The second-order valence-electron chi connectivity index (χ2n) is 8.10. The maximum absolute atomic E-state index is 9.36. The van der Waals surface area contributed by atoms with Crippen molar-refractivity contribution < 1.29 is 14.4 Å². The number of benzene rings is 2. The second-order valence-corrected chi connectivity index (χ2v) is 8.10. The lowest BCUT2D eigenvalue weighted by Crippen LogP contribution is -2.32. The first-order valence-corrected chi connectivity index (χ1v) is 10.5. The van der Waals surface area contributed by atoms with E-state index in [1.807, 2.05) is 39.0 Å². The summed E-state index contributed by atoms with van der Waals surface area (Å²) in [7, 11) is 0. The van der Waals surface area contributed by atoms with Crippen molar-refractivity contribution in [2.24, 2.45) is 0 Å². The highest BCUT2D eigenvalue weighted by atomic mass is 16.5. The molecule has 2 aromatic carbocycles. The third-order valence-electron chi connectivity index (χ3n) is 5.39. The molecule has 0 unspecified atom stereocenters. The lowest BCUT2D eigenvalue weighted by Gasteiger charge is -2.18. The van der Waals surface area contributed by atoms with Crippen LogP contribution in [0.5, 0.6) is 5.75 Å². The number of ether oxygens (including phenoxy) is 1. The predicted molar refractivity (Wildman–Crippen MR) is 118 cm³/mol. The van der Waals surface area contributed by atoms with Gasteiger partial charge in [0.2, 0.25) is 11.5 Å². The van der Waals surface area contributed by atoms with E-state index in [9.17, 15) is 5.11 Å². The molecule has 0 aliphatic heterocycles. The van der Waals surface area contributed by atoms with Crippen molar-refractivity contribution in [3.05, 3.63) is 58.9 Å². The third kappa shape index (κ3) is 4.31. The Bertz CT molecular complexity index is 1120. The number of fused-ring (bicyclic) bond motifs is 1. The van der Waals surface area contributed by atoms with Crippen LogP contribution >= 0.6 is 0 Å². The van der Waals surface area contributed by atoms with Gasteiger partial charge >= 0.3 is 0 Å². The van der Waals surface area contributed by atoms with Crippen LogP contribution in [0.2, 0.25) is 0 Å². The van der Waals surface area contributed by atoms with Crippen LogP contribution in [0.1, 0.15) is 44.4 Å². The summed E-state index contributed by atoms with van der Waals surface area (Å²) >= 11 is 0. The fourth-order valence-electron chi connectivity index (χ4n) is 3.97. The average molecular weight is 418 g/mol. The van der Waals surface area contributed by atoms with Gasteiger partial charge in [0.1, 0.15) is 5.75 Å². The van der Waals surface area contributed by atoms with Crippen molar-refractivity contribution >= 4 is 5.69 Å². The molecule has 3 aromatic rings. The van der Waals surface area contributed by atoms with Gasteiger partial charge in [-0.05, 0) is 62.9 Å². The molecular weight excluding hydrogens is 392 g/mol. The zero-order valence-electron chi connectivity index (χ0n) is 17.9. The van der Waals surface area contributed by atoms with E-state index in [0.717, 1.165) is 18.4 Å². The van der Waals surface area contributed by atoms with E-state index in [4.69, 9.17) is 15.8 Å². The summed E-state index contributed by atoms with van der Waals surface area (Å²) in [5.74, 6) is 1.45. The average Bonchev–Trinajstić information content (AvgIpc) is 3.41. The van der Waals surface area contributed by atoms with Gasteiger partial charge in [-0.1, -0.05) is 23.4 Å². The van der Waals surface area contributed by atoms with E-state index in [0.29, 0.717) is 28.7 Å². The number of hydrogen-bond donors (Lipinski definition) is 2. The first kappa shape index (κ1) is 21.0. The zero-order valence-corrected chi connectivity index (χ0v) is 17.9. The molecule has 7 nitrogen and oxygen atoms in total. The first-order chi connectivity index (χ1) is 15.0. The third-order valence-corrected chi connectivity index (χ3v) is 5.39. The van der Waals surface area contributed by atoms with Crippen molar-refractivity contribution in [2.75, 3.05) is 6.61 Å². The van der Waals surface area contributed by atoms with Gasteiger partial charge < -0.3 is 19.7 Å². The molecule has 2 atom stereocenters. The van der Waals surface area contributed by atoms with Gasteiger partial charge in [-0.15, -0.1) is 0 Å². The molecular formula is C24H26N4O3. The van der Waals surface area contributed by atoms with Gasteiger partial charge in [-0.25, -0.2) is 4.85 Å². The summed E-state index contributed by atoms with van der Waals surface area (Å²) in [6.45, 7) is 13.4. The minimum atomic E-state index is -0.0137. The zero-order chi connectivity index (χ0) is 22.0. The van der Waals surface area contributed by atoms with E-state index in [1.165, 1.54) is 11.1 Å². The topological polar surface area (TPSA) is 84.8 Å². The van der Waals surface area contributed by atoms with Crippen molar-refractivity contribution in [3.8, 4) is 28.6 Å². The van der Waals surface area contributed by atoms with Crippen LogP contribution in [-0.2, 0) is 6.42 Å². The molecule has 0 amide bonds. The number of rotatable bonds is 7. The van der Waals surface area contributed by atoms with Crippen LogP contribution in [0.15, 0.2) is 40.9 Å². The second kappa shape index (κ2) is 8.88. The highest BCUT2D eigenvalue weighted by molar-refractivity contribution is 5.70. The number of aliphatic hydroxyl groups is 1. The summed E-state index contributed by atoms with van der Waals surface area (Å²) in [6.07, 6.45) is 1.86. The molecule has 4 rings (SSSR count). The lowest BCUT2D eigenvalue weighted by atomic mass is 10.0. The number of nitrogens with one attached hydrogen (secondary N) is 1. The first-order valence-electron chi connectivity index (χ1n) is 10.5. The van der Waals surface area contributed by atoms with Gasteiger partial charge in [0.25, 0.3) is 5.89 Å². The van der Waals surface area contributed by atoms with Gasteiger partial charge in [-0.3, -0.25) is 0 Å². The minimum absolute atomic E-state index is 0.0137. The molecule has 1 aliphatic rings. The molecule has 0 bridgehead atoms. The van der Waals surface area contributed by atoms with E-state index in [2.05, 4.69) is 26.4 Å². The Labute approximate surface area is 181 Å². The van der Waals surface area contributed by atoms with Crippen LogP contribution in [0, 0.1) is 6.57 Å². The van der Waals surface area contributed by atoms with Crippen LogP contribution in [0.3, 0.4) is 0 Å². The Kier molecular flexibility index (Phi) is 6.03. The Morgan fingerprint density at radius 3 is 2.87 bits per heavy atom. The van der Waals surface area contributed by atoms with E-state index in [-0.39, 0.29) is 24.8 Å². The Morgan fingerprint density at radius 1 is 1.29 bits per heavy atom. The van der Waals surface area contributed by atoms with E-state index >= 15 is 0 Å². The Balaban J connectivity index is 1.63. The summed E-state index contributed by atoms with van der Waals surface area (Å²) in [5, 5.41) is 17.0. The smallest absolute Gasteiger partial charge is 0.256 e. The van der Waals surface area contributed by atoms with Gasteiger partial charge in [0.15, 0.2) is 0 Å². The van der Waals surface area contributed by atoms with E-state index < -0.39 is 0 Å². The van der Waals surface area contributed by atoms with Crippen LogP contribution in [-0.4, -0.2) is 34.0 Å². The van der Waals surface area contributed by atoms with Crippen LogP contribution in [0.4, 0.5) is 5.69 Å². The van der Waals surface area contributed by atoms with Crippen LogP contribution < -0.4 is 10.1 Å². The normalized spacial score (nSPS) is 16.2. The van der Waals surface area contributed by atoms with Gasteiger partial charge in [0.05, 0.1) is 19.3 Å². The van der Waals surface area contributed by atoms with Crippen LogP contribution in [0.25, 0.3) is 27.7 Å². The molecule has 31 heavy (non-hydrogen) atoms. The largest absolute Gasteiger partial charge is 0.502 e. The van der Waals surface area contributed by atoms with Crippen molar-refractivity contribution in [1.82, 2.24) is 15.5 Å². The molecule has 0 fully saturated rings. The predicted octanol–water partition coefficient (Wildman–Crippen LogP) is 4.70. The standard InChI is InChI=1S/C24H26N4O3/c1-14(2)30-22-11-8-16(12-21(22)25-4)24-27-23(28-31-24)19-7-5-6-18-17(19)9-10-20(18)26-15(3)13-29/h5-8,11-12,14-15,20,26,29H,9-10,13H2,1-3H3/t15-,20+/m0/s1. The fraction of sp³-hybridized carbons (Fsp3) is 0.375. The monoisotopic (exact) mass is 418 g/mol. The SMILES string of the molecule is [C-]#[N+]c1cc(-c2nc(-c3cccc4c3CC[C@H]4N[C@@H](C)CO)no2)ccc1OC(C)C. The van der Waals surface area contributed by atoms with Crippen molar-refractivity contribution in [3.63, 3.8) is 0 Å². The minimum Gasteiger partial charge on any atom is -0.502 e. The molecule has 1 aliphatic carbocycles. The van der Waals surface area contributed by atoms with Gasteiger partial charge in [-0.2, -0.15) is 4.98 Å². The number of nitrogens with zero attached hydrogens (tertiary/aromatic N) is 3. The molecule has 160 valence electrons.